The maximum atomic E-state index is 12.9. The number of nitrogens with zero attached hydrogens (tertiary/aromatic N) is 1. The quantitative estimate of drug-likeness (QED) is 0.892. The second-order valence-corrected chi connectivity index (χ2v) is 7.17. The predicted octanol–water partition coefficient (Wildman–Crippen LogP) is 4.19. The lowest BCUT2D eigenvalue weighted by Crippen LogP contribution is -2.29. The highest BCUT2D eigenvalue weighted by Gasteiger charge is 2.13. The Morgan fingerprint density at radius 2 is 1.62 bits per heavy atom. The Hall–Kier alpha value is -2.20. The Kier molecular flexibility index (Phi) is 5.73. The van der Waals surface area contributed by atoms with E-state index in [9.17, 15) is 9.18 Å². The molecule has 24 heavy (non-hydrogen) atoms. The average molecular weight is 328 g/mol. The van der Waals surface area contributed by atoms with E-state index in [-0.39, 0.29) is 23.7 Å². The van der Waals surface area contributed by atoms with Crippen molar-refractivity contribution in [2.45, 2.75) is 32.7 Å². The van der Waals surface area contributed by atoms with Crippen molar-refractivity contribution in [1.29, 1.82) is 0 Å². The molecule has 128 valence electrons. The van der Waals surface area contributed by atoms with Gasteiger partial charge in [-0.2, -0.15) is 0 Å². The largest absolute Gasteiger partial charge is 0.325 e. The normalized spacial score (nSPS) is 11.6. The second kappa shape index (κ2) is 7.58. The Labute approximate surface area is 143 Å². The first-order valence-corrected chi connectivity index (χ1v) is 8.07. The van der Waals surface area contributed by atoms with E-state index < -0.39 is 0 Å². The fourth-order valence-electron chi connectivity index (χ4n) is 2.46. The molecule has 2 aromatic carbocycles. The second-order valence-electron chi connectivity index (χ2n) is 7.17. The van der Waals surface area contributed by atoms with Crippen LogP contribution in [0, 0.1) is 5.82 Å². The van der Waals surface area contributed by atoms with Gasteiger partial charge in [0, 0.05) is 12.2 Å². The summed E-state index contributed by atoms with van der Waals surface area (Å²) in [5, 5.41) is 2.91. The molecule has 0 unspecified atom stereocenters. The molecule has 4 heteroatoms. The number of hydrogen-bond acceptors (Lipinski definition) is 2. The Morgan fingerprint density at radius 1 is 1.04 bits per heavy atom. The van der Waals surface area contributed by atoms with Crippen molar-refractivity contribution >= 4 is 11.6 Å². The summed E-state index contributed by atoms with van der Waals surface area (Å²) in [7, 11) is 1.87. The lowest BCUT2D eigenvalue weighted by Gasteiger charge is -2.19. The van der Waals surface area contributed by atoms with Crippen LogP contribution in [0.25, 0.3) is 0 Å². The third kappa shape index (κ3) is 5.46. The van der Waals surface area contributed by atoms with Gasteiger partial charge in [0.1, 0.15) is 5.82 Å². The van der Waals surface area contributed by atoms with Gasteiger partial charge >= 0.3 is 0 Å². The minimum atomic E-state index is -0.252. The van der Waals surface area contributed by atoms with Gasteiger partial charge in [-0.3, -0.25) is 9.69 Å². The van der Waals surface area contributed by atoms with Crippen LogP contribution in [0.3, 0.4) is 0 Å². The maximum absolute atomic E-state index is 12.9. The zero-order valence-corrected chi connectivity index (χ0v) is 14.8. The number of carbonyl (C=O) groups excluding carboxylic acids is 1. The van der Waals surface area contributed by atoms with E-state index in [4.69, 9.17) is 0 Å². The molecule has 0 atom stereocenters. The number of rotatable bonds is 5. The molecular formula is C20H25FN2O. The van der Waals surface area contributed by atoms with Crippen molar-refractivity contribution in [2.24, 2.45) is 0 Å². The van der Waals surface area contributed by atoms with Gasteiger partial charge in [0.15, 0.2) is 0 Å². The molecule has 0 saturated heterocycles. The van der Waals surface area contributed by atoms with Crippen LogP contribution in [0.4, 0.5) is 10.1 Å². The van der Waals surface area contributed by atoms with E-state index >= 15 is 0 Å². The number of halogens is 1. The van der Waals surface area contributed by atoms with Crippen LogP contribution in [-0.2, 0) is 16.8 Å². The molecule has 0 fully saturated rings. The molecule has 0 bridgehead atoms. The monoisotopic (exact) mass is 328 g/mol. The first-order chi connectivity index (χ1) is 11.2. The number of hydrogen-bond donors (Lipinski definition) is 1. The van der Waals surface area contributed by atoms with Gasteiger partial charge < -0.3 is 5.32 Å². The summed E-state index contributed by atoms with van der Waals surface area (Å²) in [5.41, 5.74) is 3.09. The Bertz CT molecular complexity index is 672. The summed E-state index contributed by atoms with van der Waals surface area (Å²) in [6.45, 7) is 7.34. The van der Waals surface area contributed by atoms with Crippen molar-refractivity contribution in [3.8, 4) is 0 Å². The molecule has 0 spiro atoms. The summed E-state index contributed by atoms with van der Waals surface area (Å²) < 4.78 is 12.9. The topological polar surface area (TPSA) is 32.3 Å². The van der Waals surface area contributed by atoms with Crippen LogP contribution in [0.15, 0.2) is 48.5 Å². The van der Waals surface area contributed by atoms with Crippen molar-refractivity contribution in [3.63, 3.8) is 0 Å². The number of carbonyl (C=O) groups is 1. The molecule has 0 radical (unpaired) electrons. The Balaban J connectivity index is 1.87. The van der Waals surface area contributed by atoms with E-state index in [0.29, 0.717) is 6.54 Å². The number of benzene rings is 2. The van der Waals surface area contributed by atoms with E-state index in [2.05, 4.69) is 26.1 Å². The summed E-state index contributed by atoms with van der Waals surface area (Å²) in [4.78, 5) is 14.0. The predicted molar refractivity (Wildman–Crippen MR) is 96.5 cm³/mol. The molecular weight excluding hydrogens is 303 g/mol. The maximum Gasteiger partial charge on any atom is 0.238 e. The van der Waals surface area contributed by atoms with Gasteiger partial charge in [-0.05, 0) is 47.9 Å². The van der Waals surface area contributed by atoms with Gasteiger partial charge in [-0.25, -0.2) is 4.39 Å². The van der Waals surface area contributed by atoms with Gasteiger partial charge in [-0.15, -0.1) is 0 Å². The molecule has 2 rings (SSSR count). The number of anilines is 1. The smallest absolute Gasteiger partial charge is 0.238 e. The van der Waals surface area contributed by atoms with Crippen molar-refractivity contribution in [2.75, 3.05) is 18.9 Å². The zero-order valence-electron chi connectivity index (χ0n) is 14.8. The van der Waals surface area contributed by atoms with Crippen molar-refractivity contribution in [1.82, 2.24) is 4.90 Å². The minimum Gasteiger partial charge on any atom is -0.325 e. The summed E-state index contributed by atoms with van der Waals surface area (Å²) >= 11 is 0. The van der Waals surface area contributed by atoms with Gasteiger partial charge in [0.2, 0.25) is 5.91 Å². The standard InChI is InChI=1S/C20H25FN2O/c1-20(2,3)16-7-11-18(12-8-16)22-19(24)14-23(4)13-15-5-9-17(21)10-6-15/h5-12H,13-14H2,1-4H3,(H,22,24). The molecule has 3 nitrogen and oxygen atoms in total. The van der Waals surface area contributed by atoms with Crippen molar-refractivity contribution < 1.29 is 9.18 Å². The summed E-state index contributed by atoms with van der Waals surface area (Å²) in [6, 6.07) is 14.3. The SMILES string of the molecule is CN(CC(=O)Nc1ccc(C(C)(C)C)cc1)Cc1ccc(F)cc1. The van der Waals surface area contributed by atoms with Crippen LogP contribution >= 0.6 is 0 Å². The first kappa shape index (κ1) is 18.1. The highest BCUT2D eigenvalue weighted by molar-refractivity contribution is 5.92. The number of nitrogens with one attached hydrogen (secondary N) is 1. The lowest BCUT2D eigenvalue weighted by atomic mass is 9.87. The van der Waals surface area contributed by atoms with Gasteiger partial charge in [-0.1, -0.05) is 45.0 Å². The lowest BCUT2D eigenvalue weighted by molar-refractivity contribution is -0.117. The molecule has 0 saturated carbocycles. The molecule has 0 aliphatic heterocycles. The van der Waals surface area contributed by atoms with E-state index in [1.165, 1.54) is 17.7 Å². The molecule has 1 N–H and O–H groups in total. The van der Waals surface area contributed by atoms with E-state index in [1.54, 1.807) is 12.1 Å². The van der Waals surface area contributed by atoms with Crippen molar-refractivity contribution in [3.05, 3.63) is 65.5 Å². The highest BCUT2D eigenvalue weighted by Crippen LogP contribution is 2.23. The molecule has 0 aliphatic carbocycles. The fraction of sp³-hybridized carbons (Fsp3) is 0.350. The Morgan fingerprint density at radius 3 is 2.17 bits per heavy atom. The number of likely N-dealkylation sites (N-methyl/N-ethyl adjacent to an activating group) is 1. The van der Waals surface area contributed by atoms with Crippen LogP contribution in [0.2, 0.25) is 0 Å². The van der Waals surface area contributed by atoms with Crippen LogP contribution in [0.5, 0.6) is 0 Å². The molecule has 0 aliphatic rings. The third-order valence-corrected chi connectivity index (χ3v) is 3.81. The molecule has 0 aromatic heterocycles. The third-order valence-electron chi connectivity index (χ3n) is 3.81. The first-order valence-electron chi connectivity index (χ1n) is 8.07. The summed E-state index contributed by atoms with van der Waals surface area (Å²) in [6.07, 6.45) is 0. The molecule has 0 heterocycles. The van der Waals surface area contributed by atoms with Crippen LogP contribution in [-0.4, -0.2) is 24.4 Å². The fourth-order valence-corrected chi connectivity index (χ4v) is 2.46. The van der Waals surface area contributed by atoms with Gasteiger partial charge in [0.05, 0.1) is 6.54 Å². The van der Waals surface area contributed by atoms with E-state index in [0.717, 1.165) is 11.3 Å². The molecule has 2 aromatic rings. The molecule has 1 amide bonds. The summed E-state index contributed by atoms with van der Waals surface area (Å²) in [5.74, 6) is -0.319. The zero-order chi connectivity index (χ0) is 17.7. The van der Waals surface area contributed by atoms with Crippen LogP contribution < -0.4 is 5.32 Å². The average Bonchev–Trinajstić information content (AvgIpc) is 2.49. The van der Waals surface area contributed by atoms with Crippen LogP contribution in [0.1, 0.15) is 31.9 Å². The minimum absolute atomic E-state index is 0.0666. The highest BCUT2D eigenvalue weighted by atomic mass is 19.1. The van der Waals surface area contributed by atoms with Gasteiger partial charge in [0.25, 0.3) is 0 Å². The number of amides is 1. The van der Waals surface area contributed by atoms with E-state index in [1.807, 2.05) is 36.2 Å².